The van der Waals surface area contributed by atoms with Crippen LogP contribution < -0.4 is 10.6 Å². The first kappa shape index (κ1) is 26.3. The maximum absolute atomic E-state index is 12.8. The molecule has 2 aromatic rings. The highest BCUT2D eigenvalue weighted by atomic mass is 16.5. The van der Waals surface area contributed by atoms with E-state index in [4.69, 9.17) is 4.74 Å². The Balaban J connectivity index is 1.62. The van der Waals surface area contributed by atoms with Crippen molar-refractivity contribution in [2.24, 2.45) is 10.8 Å². The van der Waals surface area contributed by atoms with Crippen LogP contribution >= 0.6 is 0 Å². The van der Waals surface area contributed by atoms with Crippen molar-refractivity contribution in [1.29, 1.82) is 0 Å². The normalized spacial score (nSPS) is 14.0. The molecule has 35 heavy (non-hydrogen) atoms. The molecule has 7 heteroatoms. The molecule has 0 heterocycles. The summed E-state index contributed by atoms with van der Waals surface area (Å²) in [6.07, 6.45) is 0.0316. The maximum Gasteiger partial charge on any atom is 0.407 e. The second-order valence-corrected chi connectivity index (χ2v) is 11.1. The second kappa shape index (κ2) is 10.5. The van der Waals surface area contributed by atoms with E-state index in [9.17, 15) is 19.5 Å². The van der Waals surface area contributed by atoms with Crippen LogP contribution in [0.25, 0.3) is 11.1 Å². The maximum atomic E-state index is 12.8. The number of hydrogen-bond acceptors (Lipinski definition) is 4. The van der Waals surface area contributed by atoms with Crippen molar-refractivity contribution in [1.82, 2.24) is 10.6 Å². The van der Waals surface area contributed by atoms with Gasteiger partial charge in [-0.15, -0.1) is 0 Å². The number of ether oxygens (including phenoxy) is 1. The molecule has 1 aliphatic rings. The van der Waals surface area contributed by atoms with Crippen molar-refractivity contribution >= 4 is 18.0 Å². The largest absolute Gasteiger partial charge is 0.481 e. The molecule has 0 radical (unpaired) electrons. The molecule has 0 saturated carbocycles. The van der Waals surface area contributed by atoms with Crippen molar-refractivity contribution in [2.45, 2.75) is 59.4 Å². The average molecular weight is 481 g/mol. The van der Waals surface area contributed by atoms with E-state index in [1.165, 1.54) is 0 Å². The lowest BCUT2D eigenvalue weighted by Gasteiger charge is -2.27. The van der Waals surface area contributed by atoms with Gasteiger partial charge in [0.05, 0.1) is 5.41 Å². The molecule has 188 valence electrons. The highest BCUT2D eigenvalue weighted by Gasteiger charge is 2.31. The summed E-state index contributed by atoms with van der Waals surface area (Å²) < 4.78 is 5.65. The van der Waals surface area contributed by atoms with Gasteiger partial charge in [0.15, 0.2) is 0 Å². The van der Waals surface area contributed by atoms with Crippen LogP contribution in [0.1, 0.15) is 64.5 Å². The van der Waals surface area contributed by atoms with Crippen LogP contribution in [0.4, 0.5) is 4.79 Å². The van der Waals surface area contributed by atoms with Crippen molar-refractivity contribution in [3.05, 3.63) is 59.7 Å². The monoisotopic (exact) mass is 480 g/mol. The number of rotatable bonds is 9. The zero-order chi connectivity index (χ0) is 25.8. The summed E-state index contributed by atoms with van der Waals surface area (Å²) in [6.45, 7) is 9.41. The number of carbonyl (C=O) groups excluding carboxylic acids is 2. The Hall–Kier alpha value is -3.35. The number of alkyl carbamates (subject to hydrolysis) is 1. The van der Waals surface area contributed by atoms with E-state index >= 15 is 0 Å². The minimum atomic E-state index is -1.07. The van der Waals surface area contributed by atoms with E-state index in [1.807, 2.05) is 45.0 Å². The van der Waals surface area contributed by atoms with Crippen LogP contribution in [0.15, 0.2) is 48.5 Å². The first-order valence-electron chi connectivity index (χ1n) is 12.0. The number of hydrogen-bond donors (Lipinski definition) is 3. The molecule has 0 bridgehead atoms. The fraction of sp³-hybridized carbons (Fsp3) is 0.464. The van der Waals surface area contributed by atoms with Gasteiger partial charge in [-0.25, -0.2) is 4.79 Å². The highest BCUT2D eigenvalue weighted by Crippen LogP contribution is 2.44. The zero-order valence-electron chi connectivity index (χ0n) is 21.2. The fourth-order valence-electron chi connectivity index (χ4n) is 4.41. The predicted octanol–water partition coefficient (Wildman–Crippen LogP) is 4.95. The Labute approximate surface area is 207 Å². The Morgan fingerprint density at radius 1 is 0.943 bits per heavy atom. The summed E-state index contributed by atoms with van der Waals surface area (Å²) in [5.41, 5.74) is 3.37. The quantitative estimate of drug-likeness (QED) is 0.471. The van der Waals surface area contributed by atoms with E-state index in [2.05, 4.69) is 34.9 Å². The Morgan fingerprint density at radius 2 is 1.49 bits per heavy atom. The van der Waals surface area contributed by atoms with Gasteiger partial charge in [0.2, 0.25) is 5.91 Å². The standard InChI is InChI=1S/C28H36N2O5/c1-27(2,3)15-18(14-24(31)29-17-28(4,5)25(32)33)30-26(34)35-16-23-21-12-8-6-10-19(21)20-11-7-9-13-22(20)23/h6-13,18,23H,14-17H2,1-5H3,(H,29,31)(H,30,34)(H,32,33). The summed E-state index contributed by atoms with van der Waals surface area (Å²) in [4.78, 5) is 36.6. The first-order chi connectivity index (χ1) is 16.4. The number of benzene rings is 2. The van der Waals surface area contributed by atoms with Crippen LogP contribution in [0.2, 0.25) is 0 Å². The summed E-state index contributed by atoms with van der Waals surface area (Å²) in [7, 11) is 0. The van der Waals surface area contributed by atoms with Crippen LogP contribution in [0.3, 0.4) is 0 Å². The van der Waals surface area contributed by atoms with Gasteiger partial charge in [0.1, 0.15) is 6.61 Å². The number of nitrogens with one attached hydrogen (secondary N) is 2. The second-order valence-electron chi connectivity index (χ2n) is 11.1. The molecular formula is C28H36N2O5. The summed E-state index contributed by atoms with van der Waals surface area (Å²) in [5.74, 6) is -1.34. The van der Waals surface area contributed by atoms with E-state index in [-0.39, 0.29) is 36.8 Å². The molecule has 1 atom stereocenters. The molecular weight excluding hydrogens is 444 g/mol. The Morgan fingerprint density at radius 3 is 2.00 bits per heavy atom. The lowest BCUT2D eigenvalue weighted by molar-refractivity contribution is -0.146. The van der Waals surface area contributed by atoms with Gasteiger partial charge in [-0.2, -0.15) is 0 Å². The smallest absolute Gasteiger partial charge is 0.407 e. The number of aliphatic carboxylic acids is 1. The van der Waals surface area contributed by atoms with Crippen LogP contribution in [0, 0.1) is 10.8 Å². The SMILES string of the molecule is CC(C)(C)CC(CC(=O)NCC(C)(C)C(=O)O)NC(=O)OCC1c2ccccc2-c2ccccc21. The van der Waals surface area contributed by atoms with Crippen molar-refractivity contribution in [3.63, 3.8) is 0 Å². The number of carboxylic acid groups (broad SMARTS) is 1. The highest BCUT2D eigenvalue weighted by molar-refractivity contribution is 5.80. The first-order valence-corrected chi connectivity index (χ1v) is 12.0. The van der Waals surface area contributed by atoms with E-state index in [1.54, 1.807) is 13.8 Å². The Bertz CT molecular complexity index is 1040. The van der Waals surface area contributed by atoms with E-state index in [0.717, 1.165) is 22.3 Å². The molecule has 1 unspecified atom stereocenters. The van der Waals surface area contributed by atoms with Gasteiger partial charge in [0.25, 0.3) is 0 Å². The van der Waals surface area contributed by atoms with Gasteiger partial charge >= 0.3 is 12.1 Å². The number of carboxylic acids is 1. The number of fused-ring (bicyclic) bond motifs is 3. The van der Waals surface area contributed by atoms with Gasteiger partial charge in [-0.1, -0.05) is 69.3 Å². The minimum Gasteiger partial charge on any atom is -0.481 e. The summed E-state index contributed by atoms with van der Waals surface area (Å²) in [6, 6.07) is 15.8. The van der Waals surface area contributed by atoms with Gasteiger partial charge in [-0.3, -0.25) is 9.59 Å². The molecule has 0 spiro atoms. The molecule has 0 aromatic heterocycles. The third-order valence-electron chi connectivity index (χ3n) is 6.26. The van der Waals surface area contributed by atoms with Gasteiger partial charge in [0, 0.05) is 24.9 Å². The summed E-state index contributed by atoms with van der Waals surface area (Å²) >= 11 is 0. The van der Waals surface area contributed by atoms with Crippen LogP contribution in [-0.2, 0) is 14.3 Å². The molecule has 2 amide bonds. The molecule has 0 fully saturated rings. The van der Waals surface area contributed by atoms with Crippen molar-refractivity contribution in [2.75, 3.05) is 13.2 Å². The summed E-state index contributed by atoms with van der Waals surface area (Å²) in [5, 5.41) is 14.8. The van der Waals surface area contributed by atoms with Crippen LogP contribution in [0.5, 0.6) is 0 Å². The molecule has 0 saturated heterocycles. The molecule has 2 aromatic carbocycles. The van der Waals surface area contributed by atoms with Crippen LogP contribution in [-0.4, -0.2) is 42.3 Å². The van der Waals surface area contributed by atoms with Crippen molar-refractivity contribution < 1.29 is 24.2 Å². The van der Waals surface area contributed by atoms with E-state index < -0.39 is 23.5 Å². The van der Waals surface area contributed by atoms with Crippen molar-refractivity contribution in [3.8, 4) is 11.1 Å². The molecule has 7 nitrogen and oxygen atoms in total. The van der Waals surface area contributed by atoms with E-state index in [0.29, 0.717) is 6.42 Å². The molecule has 3 N–H and O–H groups in total. The molecule has 3 rings (SSSR count). The number of carbonyl (C=O) groups is 3. The zero-order valence-corrected chi connectivity index (χ0v) is 21.2. The third-order valence-corrected chi connectivity index (χ3v) is 6.26. The lowest BCUT2D eigenvalue weighted by atomic mass is 9.87. The number of amides is 2. The predicted molar refractivity (Wildman–Crippen MR) is 135 cm³/mol. The third kappa shape index (κ3) is 6.84. The minimum absolute atomic E-state index is 0.00828. The molecule has 1 aliphatic carbocycles. The lowest BCUT2D eigenvalue weighted by Crippen LogP contribution is -2.44. The topological polar surface area (TPSA) is 105 Å². The van der Waals surface area contributed by atoms with Gasteiger partial charge < -0.3 is 20.5 Å². The fourth-order valence-corrected chi connectivity index (χ4v) is 4.41. The van der Waals surface area contributed by atoms with Gasteiger partial charge in [-0.05, 0) is 47.9 Å². The average Bonchev–Trinajstić information content (AvgIpc) is 3.09. The molecule has 0 aliphatic heterocycles. The Kier molecular flexibility index (Phi) is 7.88.